The number of aromatic nitrogens is 4. The highest BCUT2D eigenvalue weighted by Crippen LogP contribution is 2.28. The number of nitrogens with one attached hydrogen (secondary N) is 2. The molecule has 3 aromatic rings. The summed E-state index contributed by atoms with van der Waals surface area (Å²) in [6.07, 6.45) is -5.18. The molecule has 1 atom stereocenters. The number of hydrogen-bond donors (Lipinski definition) is 2. The first-order valence-electron chi connectivity index (χ1n) is 8.90. The summed E-state index contributed by atoms with van der Waals surface area (Å²) in [5, 5.41) is 9.74. The number of carbonyl (C=O) groups excluding carboxylic acids is 1. The summed E-state index contributed by atoms with van der Waals surface area (Å²) in [7, 11) is -2.34. The molecule has 170 valence electrons. The summed E-state index contributed by atoms with van der Waals surface area (Å²) in [4.78, 5) is 15.9. The van der Waals surface area contributed by atoms with Gasteiger partial charge in [0, 0.05) is 7.05 Å². The molecule has 1 unspecified atom stereocenters. The Kier molecular flexibility index (Phi) is 6.62. The van der Waals surface area contributed by atoms with Crippen molar-refractivity contribution in [3.63, 3.8) is 0 Å². The molecule has 0 aliphatic rings. The number of pyridine rings is 1. The fraction of sp³-hybridized carbons (Fsp3) is 0.222. The number of ether oxygens (including phenoxy) is 1. The minimum atomic E-state index is -3.74. The minimum Gasteiger partial charge on any atom is -0.435 e. The first kappa shape index (κ1) is 23.0. The van der Waals surface area contributed by atoms with Crippen LogP contribution in [0.5, 0.6) is 0 Å². The number of halogens is 3. The zero-order chi connectivity index (χ0) is 23.5. The normalized spacial score (nSPS) is 12.4. The Balaban J connectivity index is 1.83. The lowest BCUT2D eigenvalue weighted by Crippen LogP contribution is -2.23. The van der Waals surface area contributed by atoms with E-state index in [1.54, 1.807) is 6.07 Å². The number of benzene rings is 1. The summed E-state index contributed by atoms with van der Waals surface area (Å²) in [5.41, 5.74) is -0.489. The van der Waals surface area contributed by atoms with E-state index in [9.17, 15) is 26.4 Å². The summed E-state index contributed by atoms with van der Waals surface area (Å²) >= 11 is 0. The fourth-order valence-electron chi connectivity index (χ4n) is 2.66. The third-order valence-electron chi connectivity index (χ3n) is 4.02. The maximum absolute atomic E-state index is 14.2. The van der Waals surface area contributed by atoms with Gasteiger partial charge in [0.15, 0.2) is 17.6 Å². The number of rotatable bonds is 7. The lowest BCUT2D eigenvalue weighted by molar-refractivity contribution is -0.0143. The maximum Gasteiger partial charge on any atom is 0.413 e. The number of alkyl halides is 2. The number of amides is 1. The van der Waals surface area contributed by atoms with Crippen LogP contribution in [-0.2, 0) is 21.8 Å². The van der Waals surface area contributed by atoms with Gasteiger partial charge >= 0.3 is 6.09 Å². The van der Waals surface area contributed by atoms with Crippen molar-refractivity contribution in [3.8, 4) is 11.4 Å². The zero-order valence-corrected chi connectivity index (χ0v) is 17.5. The molecule has 10 nitrogen and oxygen atoms in total. The summed E-state index contributed by atoms with van der Waals surface area (Å²) < 4.78 is 71.5. The summed E-state index contributed by atoms with van der Waals surface area (Å²) in [5.74, 6) is -1.25. The van der Waals surface area contributed by atoms with Crippen molar-refractivity contribution in [2.45, 2.75) is 12.5 Å². The van der Waals surface area contributed by atoms with E-state index in [0.717, 1.165) is 17.0 Å². The van der Waals surface area contributed by atoms with E-state index in [2.05, 4.69) is 20.6 Å². The van der Waals surface area contributed by atoms with Gasteiger partial charge in [0.25, 0.3) is 6.43 Å². The molecular weight excluding hydrogens is 453 g/mol. The number of carbonyl (C=O) groups is 1. The number of nitrogens with zero attached hydrogens (tertiary/aromatic N) is 4. The lowest BCUT2D eigenvalue weighted by Gasteiger charge is -2.18. The molecule has 0 bridgehead atoms. The molecule has 0 saturated carbocycles. The second-order valence-electron chi connectivity index (χ2n) is 6.52. The molecule has 0 fully saturated rings. The summed E-state index contributed by atoms with van der Waals surface area (Å²) in [6, 6.07) is 9.80. The van der Waals surface area contributed by atoms with Crippen LogP contribution in [0.1, 0.15) is 11.7 Å². The highest BCUT2D eigenvalue weighted by Gasteiger charge is 2.28. The van der Waals surface area contributed by atoms with E-state index in [-0.39, 0.29) is 22.8 Å². The molecule has 1 aromatic carbocycles. The van der Waals surface area contributed by atoms with Crippen LogP contribution in [0, 0.1) is 5.95 Å². The van der Waals surface area contributed by atoms with Crippen molar-refractivity contribution in [3.05, 3.63) is 54.0 Å². The molecule has 14 heteroatoms. The average Bonchev–Trinajstić information content (AvgIpc) is 3.07. The largest absolute Gasteiger partial charge is 0.435 e. The van der Waals surface area contributed by atoms with Crippen molar-refractivity contribution < 1.29 is 31.1 Å². The SMILES string of the molecule is Cn1nnc(-c2ccc(NS(C)(=O)=O)c(F)n2)c1NC(=O)OC(c1ccccc1)C(F)F. The van der Waals surface area contributed by atoms with E-state index >= 15 is 0 Å². The Morgan fingerprint density at radius 1 is 1.16 bits per heavy atom. The molecule has 2 heterocycles. The van der Waals surface area contributed by atoms with E-state index in [0.29, 0.717) is 0 Å². The second kappa shape index (κ2) is 9.21. The van der Waals surface area contributed by atoms with Gasteiger partial charge < -0.3 is 4.74 Å². The smallest absolute Gasteiger partial charge is 0.413 e. The van der Waals surface area contributed by atoms with E-state index < -0.39 is 40.3 Å². The van der Waals surface area contributed by atoms with Crippen LogP contribution in [0.4, 0.5) is 29.5 Å². The first-order valence-corrected chi connectivity index (χ1v) is 10.8. The van der Waals surface area contributed by atoms with Crippen molar-refractivity contribution in [2.24, 2.45) is 7.05 Å². The van der Waals surface area contributed by atoms with Crippen molar-refractivity contribution in [1.82, 2.24) is 20.0 Å². The first-order chi connectivity index (χ1) is 15.0. The van der Waals surface area contributed by atoms with Gasteiger partial charge in [-0.15, -0.1) is 5.10 Å². The van der Waals surface area contributed by atoms with Crippen LogP contribution in [-0.4, -0.2) is 47.2 Å². The second-order valence-corrected chi connectivity index (χ2v) is 8.26. The van der Waals surface area contributed by atoms with Gasteiger partial charge in [0.05, 0.1) is 11.9 Å². The van der Waals surface area contributed by atoms with Crippen molar-refractivity contribution >= 4 is 27.6 Å². The quantitative estimate of drug-likeness (QED) is 0.508. The monoisotopic (exact) mass is 470 g/mol. The third kappa shape index (κ3) is 5.51. The van der Waals surface area contributed by atoms with E-state index in [1.165, 1.54) is 37.4 Å². The number of hydrogen-bond acceptors (Lipinski definition) is 7. The molecular formula is C18H17F3N6O4S. The van der Waals surface area contributed by atoms with Crippen LogP contribution in [0.2, 0.25) is 0 Å². The van der Waals surface area contributed by atoms with E-state index in [1.807, 2.05) is 4.72 Å². The molecule has 32 heavy (non-hydrogen) atoms. The maximum atomic E-state index is 14.2. The van der Waals surface area contributed by atoms with Gasteiger partial charge in [-0.2, -0.15) is 4.39 Å². The van der Waals surface area contributed by atoms with Crippen LogP contribution < -0.4 is 10.0 Å². The molecule has 3 rings (SSSR count). The molecule has 0 aliphatic heterocycles. The van der Waals surface area contributed by atoms with Crippen LogP contribution in [0.25, 0.3) is 11.4 Å². The standard InChI is InChI=1S/C18H17F3N6O4S/c1-27-17(23-18(28)31-14(15(19)20)10-6-4-3-5-7-10)13(24-26-27)11-8-9-12(16(21)22-11)25-32(2,29)30/h3-9,14-15,25H,1-2H3,(H,23,28). The number of anilines is 2. The van der Waals surface area contributed by atoms with Gasteiger partial charge in [0.2, 0.25) is 16.0 Å². The predicted molar refractivity (Wildman–Crippen MR) is 108 cm³/mol. The van der Waals surface area contributed by atoms with Gasteiger partial charge in [-0.3, -0.25) is 10.0 Å². The van der Waals surface area contributed by atoms with Gasteiger partial charge in [-0.25, -0.2) is 31.7 Å². The average molecular weight is 470 g/mol. The number of sulfonamides is 1. The van der Waals surface area contributed by atoms with Crippen LogP contribution >= 0.6 is 0 Å². The third-order valence-corrected chi connectivity index (χ3v) is 4.62. The lowest BCUT2D eigenvalue weighted by atomic mass is 10.1. The Morgan fingerprint density at radius 2 is 1.84 bits per heavy atom. The Hall–Kier alpha value is -3.68. The van der Waals surface area contributed by atoms with Crippen molar-refractivity contribution in [2.75, 3.05) is 16.3 Å². The highest BCUT2D eigenvalue weighted by atomic mass is 32.2. The van der Waals surface area contributed by atoms with Gasteiger partial charge in [0.1, 0.15) is 5.69 Å². The molecule has 0 aliphatic carbocycles. The number of aryl methyl sites for hydroxylation is 1. The van der Waals surface area contributed by atoms with Gasteiger partial charge in [-0.05, 0) is 17.7 Å². The molecule has 0 saturated heterocycles. The van der Waals surface area contributed by atoms with Crippen LogP contribution in [0.3, 0.4) is 0 Å². The summed E-state index contributed by atoms with van der Waals surface area (Å²) in [6.45, 7) is 0. The molecule has 2 N–H and O–H groups in total. The topological polar surface area (TPSA) is 128 Å². The minimum absolute atomic E-state index is 0.0948. The predicted octanol–water partition coefficient (Wildman–Crippen LogP) is 2.94. The zero-order valence-electron chi connectivity index (χ0n) is 16.7. The van der Waals surface area contributed by atoms with Crippen LogP contribution in [0.15, 0.2) is 42.5 Å². The highest BCUT2D eigenvalue weighted by molar-refractivity contribution is 7.92. The van der Waals surface area contributed by atoms with E-state index in [4.69, 9.17) is 4.74 Å². The Bertz CT molecular complexity index is 1220. The molecule has 0 radical (unpaired) electrons. The Labute approximate surface area is 180 Å². The molecule has 1 amide bonds. The van der Waals surface area contributed by atoms with Gasteiger partial charge in [-0.1, -0.05) is 35.5 Å². The molecule has 0 spiro atoms. The fourth-order valence-corrected chi connectivity index (χ4v) is 3.21. The van der Waals surface area contributed by atoms with Crippen molar-refractivity contribution in [1.29, 1.82) is 0 Å². The Morgan fingerprint density at radius 3 is 2.44 bits per heavy atom. The molecule has 2 aromatic heterocycles.